The first-order chi connectivity index (χ1) is 7.26. The Morgan fingerprint density at radius 3 is 2.60 bits per heavy atom. The molecular formula is C12H16N2O. The molecule has 0 spiro atoms. The number of ether oxygens (including phenoxy) is 1. The highest BCUT2D eigenvalue weighted by Crippen LogP contribution is 2.11. The Morgan fingerprint density at radius 2 is 2.07 bits per heavy atom. The number of nitriles is 1. The highest BCUT2D eigenvalue weighted by Gasteiger charge is 2.00. The summed E-state index contributed by atoms with van der Waals surface area (Å²) in [5.41, 5.74) is 2.10. The van der Waals surface area contributed by atoms with E-state index >= 15 is 0 Å². The summed E-state index contributed by atoms with van der Waals surface area (Å²) in [6.45, 7) is 2.74. The second-order valence-electron chi connectivity index (χ2n) is 3.53. The van der Waals surface area contributed by atoms with Crippen molar-refractivity contribution >= 4 is 5.69 Å². The predicted octanol–water partition coefficient (Wildman–Crippen LogP) is 2.20. The van der Waals surface area contributed by atoms with Crippen LogP contribution in [0.5, 0.6) is 0 Å². The maximum Gasteiger partial charge on any atom is 0.0669 e. The normalized spacial score (nSPS) is 11.8. The maximum atomic E-state index is 8.52. The molecule has 0 amide bonds. The van der Waals surface area contributed by atoms with Crippen molar-refractivity contribution in [2.24, 2.45) is 0 Å². The molecule has 80 valence electrons. The first-order valence-electron chi connectivity index (χ1n) is 4.97. The van der Waals surface area contributed by atoms with Gasteiger partial charge in [-0.05, 0) is 24.6 Å². The zero-order valence-electron chi connectivity index (χ0n) is 9.16. The number of rotatable bonds is 5. The van der Waals surface area contributed by atoms with Gasteiger partial charge in [-0.25, -0.2) is 0 Å². The third-order valence-corrected chi connectivity index (χ3v) is 2.07. The fourth-order valence-corrected chi connectivity index (χ4v) is 1.39. The molecule has 0 bridgehead atoms. The summed E-state index contributed by atoms with van der Waals surface area (Å²) in [6, 6.07) is 10.3. The molecule has 1 N–H and O–H groups in total. The van der Waals surface area contributed by atoms with Crippen LogP contribution >= 0.6 is 0 Å². The van der Waals surface area contributed by atoms with Crippen LogP contribution in [0.25, 0.3) is 0 Å². The Hall–Kier alpha value is -1.53. The third-order valence-electron chi connectivity index (χ3n) is 2.07. The number of nitrogens with one attached hydrogen (secondary N) is 1. The lowest BCUT2D eigenvalue weighted by Gasteiger charge is -2.14. The summed E-state index contributed by atoms with van der Waals surface area (Å²) in [5, 5.41) is 11.8. The van der Waals surface area contributed by atoms with Gasteiger partial charge < -0.3 is 10.1 Å². The molecule has 0 radical (unpaired) electrons. The third kappa shape index (κ3) is 4.01. The Bertz CT molecular complexity index is 326. The minimum Gasteiger partial charge on any atom is -0.383 e. The standard InChI is InChI=1S/C12H16N2O/c1-10(9-15-2)14-12-5-3-11(4-6-12)7-8-13/h3-6,10,14H,7,9H2,1-2H3/t10-/m0/s1. The average molecular weight is 204 g/mol. The van der Waals surface area contributed by atoms with Crippen LogP contribution in [0.4, 0.5) is 5.69 Å². The number of hydrogen-bond acceptors (Lipinski definition) is 3. The lowest BCUT2D eigenvalue weighted by Crippen LogP contribution is -2.20. The molecule has 0 saturated heterocycles. The second-order valence-corrected chi connectivity index (χ2v) is 3.53. The largest absolute Gasteiger partial charge is 0.383 e. The summed E-state index contributed by atoms with van der Waals surface area (Å²) in [5.74, 6) is 0. The molecule has 0 aliphatic rings. The van der Waals surface area contributed by atoms with Gasteiger partial charge in [0.25, 0.3) is 0 Å². The number of anilines is 1. The number of methoxy groups -OCH3 is 1. The van der Waals surface area contributed by atoms with Gasteiger partial charge in [-0.1, -0.05) is 12.1 Å². The van der Waals surface area contributed by atoms with Crippen molar-refractivity contribution in [3.63, 3.8) is 0 Å². The molecular weight excluding hydrogens is 188 g/mol. The van der Waals surface area contributed by atoms with Crippen molar-refractivity contribution in [1.29, 1.82) is 5.26 Å². The van der Waals surface area contributed by atoms with Crippen LogP contribution in [0.3, 0.4) is 0 Å². The molecule has 1 aromatic carbocycles. The van der Waals surface area contributed by atoms with E-state index in [-0.39, 0.29) is 6.04 Å². The van der Waals surface area contributed by atoms with Crippen LogP contribution < -0.4 is 5.32 Å². The van der Waals surface area contributed by atoms with E-state index < -0.39 is 0 Å². The van der Waals surface area contributed by atoms with Gasteiger partial charge in [-0.3, -0.25) is 0 Å². The molecule has 1 rings (SSSR count). The van der Waals surface area contributed by atoms with Gasteiger partial charge in [0.15, 0.2) is 0 Å². The van der Waals surface area contributed by atoms with Gasteiger partial charge in [-0.2, -0.15) is 5.26 Å². The van der Waals surface area contributed by atoms with Gasteiger partial charge in [0.2, 0.25) is 0 Å². The summed E-state index contributed by atoms with van der Waals surface area (Å²) in [7, 11) is 1.69. The molecule has 3 heteroatoms. The molecule has 0 aliphatic carbocycles. The summed E-state index contributed by atoms with van der Waals surface area (Å²) in [4.78, 5) is 0. The van der Waals surface area contributed by atoms with Crippen molar-refractivity contribution in [3.8, 4) is 6.07 Å². The number of hydrogen-bond donors (Lipinski definition) is 1. The van der Waals surface area contributed by atoms with E-state index in [1.165, 1.54) is 0 Å². The average Bonchev–Trinajstić information content (AvgIpc) is 2.22. The Labute approximate surface area is 90.7 Å². The van der Waals surface area contributed by atoms with Gasteiger partial charge >= 0.3 is 0 Å². The van der Waals surface area contributed by atoms with E-state index in [1.807, 2.05) is 24.3 Å². The van der Waals surface area contributed by atoms with Crippen LogP contribution in [0, 0.1) is 11.3 Å². The first-order valence-corrected chi connectivity index (χ1v) is 4.97. The maximum absolute atomic E-state index is 8.52. The van der Waals surface area contributed by atoms with Crippen molar-refractivity contribution in [3.05, 3.63) is 29.8 Å². The molecule has 1 aromatic rings. The monoisotopic (exact) mass is 204 g/mol. The number of benzene rings is 1. The van der Waals surface area contributed by atoms with Crippen LogP contribution in [0.15, 0.2) is 24.3 Å². The fraction of sp³-hybridized carbons (Fsp3) is 0.417. The molecule has 0 heterocycles. The molecule has 0 aliphatic heterocycles. The topological polar surface area (TPSA) is 45.0 Å². The first kappa shape index (κ1) is 11.5. The van der Waals surface area contributed by atoms with Gasteiger partial charge in [-0.15, -0.1) is 0 Å². The molecule has 0 aromatic heterocycles. The minimum atomic E-state index is 0.289. The zero-order chi connectivity index (χ0) is 11.1. The van der Waals surface area contributed by atoms with Crippen LogP contribution in [-0.4, -0.2) is 19.8 Å². The molecule has 15 heavy (non-hydrogen) atoms. The lowest BCUT2D eigenvalue weighted by atomic mass is 10.1. The summed E-state index contributed by atoms with van der Waals surface area (Å²) >= 11 is 0. The highest BCUT2D eigenvalue weighted by atomic mass is 16.5. The zero-order valence-corrected chi connectivity index (χ0v) is 9.16. The van der Waals surface area contributed by atoms with Crippen molar-refractivity contribution in [2.75, 3.05) is 19.0 Å². The van der Waals surface area contributed by atoms with E-state index in [2.05, 4.69) is 18.3 Å². The second kappa shape index (κ2) is 6.05. The summed E-state index contributed by atoms with van der Waals surface area (Å²) in [6.07, 6.45) is 0.466. The van der Waals surface area contributed by atoms with Gasteiger partial charge in [0.05, 0.1) is 19.1 Å². The van der Waals surface area contributed by atoms with E-state index in [0.29, 0.717) is 13.0 Å². The Kier molecular flexibility index (Phi) is 4.65. The van der Waals surface area contributed by atoms with Crippen LogP contribution in [-0.2, 0) is 11.2 Å². The van der Waals surface area contributed by atoms with Crippen molar-refractivity contribution in [2.45, 2.75) is 19.4 Å². The quantitative estimate of drug-likeness (QED) is 0.799. The minimum absolute atomic E-state index is 0.289. The molecule has 0 fully saturated rings. The molecule has 1 atom stereocenters. The van der Waals surface area contributed by atoms with Crippen LogP contribution in [0.1, 0.15) is 12.5 Å². The predicted molar refractivity (Wildman–Crippen MR) is 60.7 cm³/mol. The molecule has 0 saturated carbocycles. The fourth-order valence-electron chi connectivity index (χ4n) is 1.39. The molecule has 3 nitrogen and oxygen atoms in total. The molecule has 0 unspecified atom stereocenters. The van der Waals surface area contributed by atoms with Crippen molar-refractivity contribution < 1.29 is 4.74 Å². The Balaban J connectivity index is 2.53. The highest BCUT2D eigenvalue weighted by molar-refractivity contribution is 5.45. The van der Waals surface area contributed by atoms with Crippen LogP contribution in [0.2, 0.25) is 0 Å². The van der Waals surface area contributed by atoms with E-state index in [1.54, 1.807) is 7.11 Å². The number of nitrogens with zero attached hydrogens (tertiary/aromatic N) is 1. The van der Waals surface area contributed by atoms with E-state index in [9.17, 15) is 0 Å². The Morgan fingerprint density at radius 1 is 1.40 bits per heavy atom. The van der Waals surface area contributed by atoms with Gasteiger partial charge in [0.1, 0.15) is 0 Å². The van der Waals surface area contributed by atoms with Gasteiger partial charge in [0, 0.05) is 18.8 Å². The van der Waals surface area contributed by atoms with E-state index in [0.717, 1.165) is 11.3 Å². The van der Waals surface area contributed by atoms with Crippen molar-refractivity contribution in [1.82, 2.24) is 0 Å². The summed E-state index contributed by atoms with van der Waals surface area (Å²) < 4.78 is 5.03. The van der Waals surface area contributed by atoms with E-state index in [4.69, 9.17) is 10.00 Å². The smallest absolute Gasteiger partial charge is 0.0669 e. The lowest BCUT2D eigenvalue weighted by molar-refractivity contribution is 0.190. The SMILES string of the molecule is COC[C@H](C)Nc1ccc(CC#N)cc1.